The van der Waals surface area contributed by atoms with Crippen LogP contribution in [0.5, 0.6) is 0 Å². The summed E-state index contributed by atoms with van der Waals surface area (Å²) < 4.78 is 45.5. The third-order valence-corrected chi connectivity index (χ3v) is 6.26. The predicted molar refractivity (Wildman–Crippen MR) is 93.1 cm³/mol. The van der Waals surface area contributed by atoms with Gasteiger partial charge in [-0.2, -0.15) is 9.29 Å². The Hall–Kier alpha value is -2.58. The van der Waals surface area contributed by atoms with Crippen LogP contribution >= 0.6 is 0 Å². The lowest BCUT2D eigenvalue weighted by Gasteiger charge is -2.15. The highest BCUT2D eigenvalue weighted by Crippen LogP contribution is 2.26. The molecule has 0 radical (unpaired) electrons. The van der Waals surface area contributed by atoms with Crippen molar-refractivity contribution < 1.29 is 17.3 Å². The molecule has 1 aliphatic heterocycles. The number of aromatic nitrogens is 2. The molecule has 26 heavy (non-hydrogen) atoms. The molecule has 0 saturated carbocycles. The molecule has 2 aromatic carbocycles. The molecule has 1 aromatic heterocycles. The van der Waals surface area contributed by atoms with Crippen molar-refractivity contribution in [3.63, 3.8) is 0 Å². The average molecular weight is 373 g/mol. The second-order valence-corrected chi connectivity index (χ2v) is 7.98. The minimum atomic E-state index is -3.46. The Morgan fingerprint density at radius 2 is 1.69 bits per heavy atom. The van der Waals surface area contributed by atoms with Crippen LogP contribution in [0.2, 0.25) is 0 Å². The maximum absolute atomic E-state index is 13.8. The highest BCUT2D eigenvalue weighted by molar-refractivity contribution is 7.89. The molecule has 134 valence electrons. The van der Waals surface area contributed by atoms with Crippen LogP contribution in [0.15, 0.2) is 57.9 Å². The first-order valence-corrected chi connectivity index (χ1v) is 9.69. The SMILES string of the molecule is O=S(=O)(c1ccc(-c2noc(-c3ccccc3F)n2)cc1)N1CCCC1. The molecule has 2 heterocycles. The molecule has 3 aromatic rings. The van der Waals surface area contributed by atoms with Gasteiger partial charge >= 0.3 is 0 Å². The molecule has 1 saturated heterocycles. The molecule has 0 unspecified atom stereocenters. The van der Waals surface area contributed by atoms with E-state index in [1.165, 1.54) is 22.5 Å². The Balaban J connectivity index is 1.61. The third-order valence-electron chi connectivity index (χ3n) is 4.35. The third kappa shape index (κ3) is 3.02. The van der Waals surface area contributed by atoms with Crippen LogP contribution in [0.3, 0.4) is 0 Å². The number of benzene rings is 2. The zero-order valence-corrected chi connectivity index (χ0v) is 14.6. The normalized spacial score (nSPS) is 15.4. The van der Waals surface area contributed by atoms with E-state index in [1.807, 2.05) is 0 Å². The summed E-state index contributed by atoms with van der Waals surface area (Å²) in [5, 5.41) is 3.86. The van der Waals surface area contributed by atoms with E-state index in [1.54, 1.807) is 30.3 Å². The van der Waals surface area contributed by atoms with Crippen molar-refractivity contribution in [2.45, 2.75) is 17.7 Å². The maximum Gasteiger partial charge on any atom is 0.261 e. The van der Waals surface area contributed by atoms with Crippen LogP contribution in [0, 0.1) is 5.82 Å². The highest BCUT2D eigenvalue weighted by atomic mass is 32.2. The second kappa shape index (κ2) is 6.62. The Morgan fingerprint density at radius 3 is 2.38 bits per heavy atom. The molecule has 4 rings (SSSR count). The molecule has 1 fully saturated rings. The Kier molecular flexibility index (Phi) is 4.29. The van der Waals surface area contributed by atoms with Gasteiger partial charge in [-0.15, -0.1) is 0 Å². The molecular formula is C18H16FN3O3S. The first-order valence-electron chi connectivity index (χ1n) is 8.25. The van der Waals surface area contributed by atoms with E-state index in [2.05, 4.69) is 10.1 Å². The summed E-state index contributed by atoms with van der Waals surface area (Å²) in [4.78, 5) is 4.44. The van der Waals surface area contributed by atoms with Crippen LogP contribution in [-0.4, -0.2) is 36.0 Å². The van der Waals surface area contributed by atoms with Crippen LogP contribution in [0.25, 0.3) is 22.8 Å². The minimum Gasteiger partial charge on any atom is -0.334 e. The van der Waals surface area contributed by atoms with E-state index in [-0.39, 0.29) is 22.2 Å². The van der Waals surface area contributed by atoms with Crippen molar-refractivity contribution in [3.05, 3.63) is 54.3 Å². The zero-order chi connectivity index (χ0) is 18.1. The molecule has 0 amide bonds. The average Bonchev–Trinajstić information content (AvgIpc) is 3.35. The van der Waals surface area contributed by atoms with Crippen LogP contribution in [-0.2, 0) is 10.0 Å². The van der Waals surface area contributed by atoms with Gasteiger partial charge in [0.15, 0.2) is 0 Å². The Bertz CT molecular complexity index is 1030. The van der Waals surface area contributed by atoms with Crippen molar-refractivity contribution in [1.82, 2.24) is 14.4 Å². The van der Waals surface area contributed by atoms with Crippen molar-refractivity contribution in [2.24, 2.45) is 0 Å². The monoisotopic (exact) mass is 373 g/mol. The molecule has 0 aliphatic carbocycles. The fourth-order valence-electron chi connectivity index (χ4n) is 2.94. The van der Waals surface area contributed by atoms with Gasteiger partial charge in [0.2, 0.25) is 15.8 Å². The molecule has 0 bridgehead atoms. The van der Waals surface area contributed by atoms with Gasteiger partial charge in [0.25, 0.3) is 5.89 Å². The summed E-state index contributed by atoms with van der Waals surface area (Å²) in [7, 11) is -3.46. The largest absolute Gasteiger partial charge is 0.334 e. The summed E-state index contributed by atoms with van der Waals surface area (Å²) in [6, 6.07) is 12.4. The van der Waals surface area contributed by atoms with Gasteiger partial charge in [-0.25, -0.2) is 12.8 Å². The summed E-state index contributed by atoms with van der Waals surface area (Å²) >= 11 is 0. The van der Waals surface area contributed by atoms with Crippen LogP contribution in [0.4, 0.5) is 4.39 Å². The van der Waals surface area contributed by atoms with Crippen molar-refractivity contribution in [2.75, 3.05) is 13.1 Å². The van der Waals surface area contributed by atoms with E-state index >= 15 is 0 Å². The van der Waals surface area contributed by atoms with E-state index in [4.69, 9.17) is 4.52 Å². The fraction of sp³-hybridized carbons (Fsp3) is 0.222. The van der Waals surface area contributed by atoms with Gasteiger partial charge < -0.3 is 4.52 Å². The Morgan fingerprint density at radius 1 is 1.00 bits per heavy atom. The lowest BCUT2D eigenvalue weighted by Crippen LogP contribution is -2.27. The van der Waals surface area contributed by atoms with Gasteiger partial charge in [-0.3, -0.25) is 0 Å². The lowest BCUT2D eigenvalue weighted by molar-refractivity contribution is 0.429. The topological polar surface area (TPSA) is 76.3 Å². The quantitative estimate of drug-likeness (QED) is 0.701. The van der Waals surface area contributed by atoms with Gasteiger partial charge in [0.1, 0.15) is 5.82 Å². The van der Waals surface area contributed by atoms with Gasteiger partial charge in [-0.1, -0.05) is 17.3 Å². The van der Waals surface area contributed by atoms with Crippen molar-refractivity contribution >= 4 is 10.0 Å². The molecule has 0 atom stereocenters. The molecule has 0 spiro atoms. The standard InChI is InChI=1S/C18H16FN3O3S/c19-16-6-2-1-5-15(16)18-20-17(21-25-18)13-7-9-14(10-8-13)26(23,24)22-11-3-4-12-22/h1-2,5-10H,3-4,11-12H2. The van der Waals surface area contributed by atoms with E-state index in [0.29, 0.717) is 18.7 Å². The molecule has 1 aliphatic rings. The minimum absolute atomic E-state index is 0.0758. The highest BCUT2D eigenvalue weighted by Gasteiger charge is 2.27. The number of halogens is 1. The van der Waals surface area contributed by atoms with Crippen LogP contribution in [0.1, 0.15) is 12.8 Å². The smallest absolute Gasteiger partial charge is 0.261 e. The van der Waals surface area contributed by atoms with Crippen molar-refractivity contribution in [3.8, 4) is 22.8 Å². The van der Waals surface area contributed by atoms with E-state index in [9.17, 15) is 12.8 Å². The summed E-state index contributed by atoms with van der Waals surface area (Å²) in [6.07, 6.45) is 1.78. The summed E-state index contributed by atoms with van der Waals surface area (Å²) in [6.45, 7) is 1.11. The van der Waals surface area contributed by atoms with Gasteiger partial charge in [-0.05, 0) is 49.2 Å². The first kappa shape index (κ1) is 16.9. The number of rotatable bonds is 4. The first-order chi connectivity index (χ1) is 12.6. The predicted octanol–water partition coefficient (Wildman–Crippen LogP) is 3.33. The number of sulfonamides is 1. The Labute approximate surface area is 150 Å². The summed E-state index contributed by atoms with van der Waals surface area (Å²) in [5.74, 6) is -0.102. The molecule has 8 heteroatoms. The van der Waals surface area contributed by atoms with Crippen molar-refractivity contribution in [1.29, 1.82) is 0 Å². The number of hydrogen-bond donors (Lipinski definition) is 0. The lowest BCUT2D eigenvalue weighted by atomic mass is 10.2. The second-order valence-electron chi connectivity index (χ2n) is 6.04. The van der Waals surface area contributed by atoms with Crippen LogP contribution < -0.4 is 0 Å². The maximum atomic E-state index is 13.8. The molecular weight excluding hydrogens is 357 g/mol. The van der Waals surface area contributed by atoms with Gasteiger partial charge in [0, 0.05) is 18.7 Å². The summed E-state index contributed by atoms with van der Waals surface area (Å²) in [5.41, 5.74) is 0.816. The fourth-order valence-corrected chi connectivity index (χ4v) is 4.46. The molecule has 0 N–H and O–H groups in total. The number of hydrogen-bond acceptors (Lipinski definition) is 5. The van der Waals surface area contributed by atoms with E-state index < -0.39 is 15.8 Å². The van der Waals surface area contributed by atoms with E-state index in [0.717, 1.165) is 12.8 Å². The number of nitrogens with zero attached hydrogens (tertiary/aromatic N) is 3. The molecule has 6 nitrogen and oxygen atoms in total. The zero-order valence-electron chi connectivity index (χ0n) is 13.8. The van der Waals surface area contributed by atoms with Gasteiger partial charge in [0.05, 0.1) is 10.5 Å².